The fourth-order valence-corrected chi connectivity index (χ4v) is 2.83. The van der Waals surface area contributed by atoms with Gasteiger partial charge < -0.3 is 15.4 Å². The molecule has 2 rings (SSSR count). The molecule has 4 nitrogen and oxygen atoms in total. The number of hydrogen-bond acceptors (Lipinski definition) is 3. The quantitative estimate of drug-likeness (QED) is 0.681. The van der Waals surface area contributed by atoms with Gasteiger partial charge in [0.15, 0.2) is 0 Å². The smallest absolute Gasteiger partial charge is 0.321 e. The third-order valence-electron chi connectivity index (χ3n) is 2.85. The maximum Gasteiger partial charge on any atom is 0.321 e. The first-order chi connectivity index (χ1) is 9.20. The molecule has 0 saturated carbocycles. The summed E-state index contributed by atoms with van der Waals surface area (Å²) < 4.78 is 0. The van der Waals surface area contributed by atoms with Crippen LogP contribution in [0, 0.1) is 0 Å². The van der Waals surface area contributed by atoms with E-state index < -0.39 is 12.0 Å². The molecule has 0 amide bonds. The Morgan fingerprint density at radius 1 is 1.47 bits per heavy atom. The van der Waals surface area contributed by atoms with Gasteiger partial charge in [0.1, 0.15) is 6.04 Å². The number of carboxylic acids is 1. The molecule has 19 heavy (non-hydrogen) atoms. The fraction of sp³-hybridized carbons (Fsp3) is 0.357. The summed E-state index contributed by atoms with van der Waals surface area (Å²) in [6.07, 6.45) is 0.931. The zero-order valence-corrected chi connectivity index (χ0v) is 11.7. The summed E-state index contributed by atoms with van der Waals surface area (Å²) in [5.41, 5.74) is 1.08. The highest BCUT2D eigenvalue weighted by Crippen LogP contribution is 2.23. The van der Waals surface area contributed by atoms with Crippen LogP contribution in [0.15, 0.2) is 35.4 Å². The maximum absolute atomic E-state index is 11.1. The van der Waals surface area contributed by atoms with Crippen LogP contribution in [0.25, 0.3) is 10.9 Å². The molecule has 1 unspecified atom stereocenters. The summed E-state index contributed by atoms with van der Waals surface area (Å²) in [7, 11) is 0. The number of para-hydroxylation sites is 1. The predicted octanol–water partition coefficient (Wildman–Crippen LogP) is 2.71. The van der Waals surface area contributed by atoms with Crippen molar-refractivity contribution in [3.05, 3.63) is 30.3 Å². The summed E-state index contributed by atoms with van der Waals surface area (Å²) in [4.78, 5) is 14.4. The summed E-state index contributed by atoms with van der Waals surface area (Å²) >= 11 is 1.53. The molecule has 5 heteroatoms. The number of H-pyrrole nitrogens is 1. The van der Waals surface area contributed by atoms with Crippen molar-refractivity contribution < 1.29 is 9.90 Å². The van der Waals surface area contributed by atoms with E-state index in [1.807, 2.05) is 31.2 Å². The lowest BCUT2D eigenvalue weighted by atomic mass is 10.3. The summed E-state index contributed by atoms with van der Waals surface area (Å²) in [5, 5.41) is 14.3. The SMILES string of the molecule is CCCNC(CSc1cc2ccccc2[nH]1)C(=O)O. The van der Waals surface area contributed by atoms with Crippen LogP contribution in [0.4, 0.5) is 0 Å². The Morgan fingerprint density at radius 2 is 2.26 bits per heavy atom. The van der Waals surface area contributed by atoms with Crippen LogP contribution in [0.1, 0.15) is 13.3 Å². The number of thioether (sulfide) groups is 1. The first-order valence-corrected chi connectivity index (χ1v) is 7.36. The predicted molar refractivity (Wildman–Crippen MR) is 78.7 cm³/mol. The molecule has 0 aliphatic carbocycles. The number of rotatable bonds is 7. The third-order valence-corrected chi connectivity index (χ3v) is 3.88. The van der Waals surface area contributed by atoms with E-state index in [-0.39, 0.29) is 0 Å². The molecule has 0 radical (unpaired) electrons. The Bertz CT molecular complexity index is 520. The molecule has 1 aromatic carbocycles. The van der Waals surface area contributed by atoms with Crippen LogP contribution in [-0.4, -0.2) is 34.4 Å². The second-order valence-corrected chi connectivity index (χ2v) is 5.44. The number of aliphatic carboxylic acids is 1. The minimum Gasteiger partial charge on any atom is -0.480 e. The minimum atomic E-state index is -0.794. The Hall–Kier alpha value is -1.46. The number of fused-ring (bicyclic) bond motifs is 1. The van der Waals surface area contributed by atoms with Crippen molar-refractivity contribution in [2.24, 2.45) is 0 Å². The van der Waals surface area contributed by atoms with Gasteiger partial charge in [0, 0.05) is 16.7 Å². The van der Waals surface area contributed by atoms with Crippen molar-refractivity contribution >= 4 is 28.6 Å². The van der Waals surface area contributed by atoms with Crippen LogP contribution >= 0.6 is 11.8 Å². The minimum absolute atomic E-state index is 0.503. The molecule has 0 spiro atoms. The lowest BCUT2D eigenvalue weighted by Crippen LogP contribution is -2.39. The van der Waals surface area contributed by atoms with Crippen molar-refractivity contribution in [2.75, 3.05) is 12.3 Å². The van der Waals surface area contributed by atoms with Gasteiger partial charge in [-0.2, -0.15) is 0 Å². The molecule has 0 aliphatic heterocycles. The molecule has 1 heterocycles. The van der Waals surface area contributed by atoms with Gasteiger partial charge in [0.25, 0.3) is 0 Å². The highest BCUT2D eigenvalue weighted by Gasteiger charge is 2.16. The zero-order chi connectivity index (χ0) is 13.7. The molecular weight excluding hydrogens is 260 g/mol. The standard InChI is InChI=1S/C14H18N2O2S/c1-2-7-15-12(14(17)18)9-19-13-8-10-5-3-4-6-11(10)16-13/h3-6,8,12,15-16H,2,7,9H2,1H3,(H,17,18). The van der Waals surface area contributed by atoms with E-state index in [1.165, 1.54) is 11.8 Å². The van der Waals surface area contributed by atoms with E-state index in [0.717, 1.165) is 28.9 Å². The number of aromatic amines is 1. The van der Waals surface area contributed by atoms with Crippen LogP contribution in [-0.2, 0) is 4.79 Å². The largest absolute Gasteiger partial charge is 0.480 e. The second kappa shape index (κ2) is 6.63. The van der Waals surface area contributed by atoms with E-state index in [4.69, 9.17) is 5.11 Å². The second-order valence-electron chi connectivity index (χ2n) is 4.38. The molecule has 2 aromatic rings. The van der Waals surface area contributed by atoms with Gasteiger partial charge >= 0.3 is 5.97 Å². The summed E-state index contributed by atoms with van der Waals surface area (Å²) in [6.45, 7) is 2.75. The van der Waals surface area contributed by atoms with E-state index in [0.29, 0.717) is 5.75 Å². The van der Waals surface area contributed by atoms with Crippen molar-refractivity contribution in [1.82, 2.24) is 10.3 Å². The zero-order valence-electron chi connectivity index (χ0n) is 10.8. The molecule has 1 atom stereocenters. The molecule has 3 N–H and O–H groups in total. The van der Waals surface area contributed by atoms with Gasteiger partial charge in [0.05, 0.1) is 5.03 Å². The van der Waals surface area contributed by atoms with Crippen LogP contribution < -0.4 is 5.32 Å². The first kappa shape index (κ1) is 14.0. The van der Waals surface area contributed by atoms with Crippen molar-refractivity contribution in [2.45, 2.75) is 24.4 Å². The molecule has 0 fully saturated rings. The third kappa shape index (κ3) is 3.75. The van der Waals surface area contributed by atoms with Crippen LogP contribution in [0.5, 0.6) is 0 Å². The van der Waals surface area contributed by atoms with Gasteiger partial charge in [-0.05, 0) is 25.1 Å². The Kier molecular flexibility index (Phi) is 4.87. The average Bonchev–Trinajstić information content (AvgIpc) is 2.81. The van der Waals surface area contributed by atoms with E-state index in [2.05, 4.69) is 16.4 Å². The lowest BCUT2D eigenvalue weighted by Gasteiger charge is -2.12. The Labute approximate surface area is 116 Å². The van der Waals surface area contributed by atoms with E-state index >= 15 is 0 Å². The topological polar surface area (TPSA) is 65.1 Å². The highest BCUT2D eigenvalue weighted by atomic mass is 32.2. The van der Waals surface area contributed by atoms with Gasteiger partial charge in [-0.25, -0.2) is 0 Å². The molecule has 102 valence electrons. The normalized spacial score (nSPS) is 12.7. The summed E-state index contributed by atoms with van der Waals surface area (Å²) in [6, 6.07) is 9.59. The fourth-order valence-electron chi connectivity index (χ4n) is 1.83. The molecular formula is C14H18N2O2S. The maximum atomic E-state index is 11.1. The van der Waals surface area contributed by atoms with Crippen LogP contribution in [0.2, 0.25) is 0 Å². The van der Waals surface area contributed by atoms with Gasteiger partial charge in [-0.15, -0.1) is 11.8 Å². The van der Waals surface area contributed by atoms with E-state index in [9.17, 15) is 4.79 Å². The highest BCUT2D eigenvalue weighted by molar-refractivity contribution is 7.99. The number of nitrogens with one attached hydrogen (secondary N) is 2. The number of carbonyl (C=O) groups is 1. The number of benzene rings is 1. The lowest BCUT2D eigenvalue weighted by molar-refractivity contribution is -0.138. The van der Waals surface area contributed by atoms with Gasteiger partial charge in [0.2, 0.25) is 0 Å². The van der Waals surface area contributed by atoms with Crippen molar-refractivity contribution in [3.63, 3.8) is 0 Å². The number of aromatic nitrogens is 1. The van der Waals surface area contributed by atoms with Gasteiger partial charge in [-0.1, -0.05) is 25.1 Å². The van der Waals surface area contributed by atoms with Crippen molar-refractivity contribution in [3.8, 4) is 0 Å². The Balaban J connectivity index is 1.97. The van der Waals surface area contributed by atoms with Crippen LogP contribution in [0.3, 0.4) is 0 Å². The number of hydrogen-bond donors (Lipinski definition) is 3. The molecule has 0 bridgehead atoms. The van der Waals surface area contributed by atoms with Crippen molar-refractivity contribution in [1.29, 1.82) is 0 Å². The first-order valence-electron chi connectivity index (χ1n) is 6.37. The Morgan fingerprint density at radius 3 is 2.95 bits per heavy atom. The summed E-state index contributed by atoms with van der Waals surface area (Å²) in [5.74, 6) is -0.278. The molecule has 0 aliphatic rings. The monoisotopic (exact) mass is 278 g/mol. The molecule has 0 saturated heterocycles. The number of carboxylic acid groups (broad SMARTS) is 1. The molecule has 1 aromatic heterocycles. The average molecular weight is 278 g/mol. The van der Waals surface area contributed by atoms with E-state index in [1.54, 1.807) is 0 Å². The van der Waals surface area contributed by atoms with Gasteiger partial charge in [-0.3, -0.25) is 4.79 Å².